The van der Waals surface area contributed by atoms with Crippen molar-refractivity contribution in [2.24, 2.45) is 5.41 Å². The fourth-order valence-electron chi connectivity index (χ4n) is 4.27. The zero-order chi connectivity index (χ0) is 24.1. The lowest BCUT2D eigenvalue weighted by Gasteiger charge is -2.41. The molecule has 7 nitrogen and oxygen atoms in total. The quantitative estimate of drug-likeness (QED) is 0.480. The number of nitrogens with zero attached hydrogens (tertiary/aromatic N) is 3. The molecule has 1 aliphatic rings. The van der Waals surface area contributed by atoms with Crippen molar-refractivity contribution in [1.82, 2.24) is 14.8 Å². The number of amides is 4. The number of benzene rings is 2. The van der Waals surface area contributed by atoms with Crippen LogP contribution in [0.3, 0.4) is 0 Å². The fourth-order valence-corrected chi connectivity index (χ4v) is 4.27. The number of carbonyl (C=O) groups is 3. The van der Waals surface area contributed by atoms with Gasteiger partial charge in [-0.2, -0.15) is 0 Å². The molecule has 0 bridgehead atoms. The van der Waals surface area contributed by atoms with Crippen molar-refractivity contribution in [2.75, 3.05) is 14.1 Å². The van der Waals surface area contributed by atoms with E-state index in [4.69, 9.17) is 4.74 Å². The summed E-state index contributed by atoms with van der Waals surface area (Å²) in [7, 11) is 2.84. The molecule has 0 spiro atoms. The summed E-state index contributed by atoms with van der Waals surface area (Å²) in [6.45, 7) is 0.447. The third-order valence-electron chi connectivity index (χ3n) is 6.21. The van der Waals surface area contributed by atoms with Gasteiger partial charge in [-0.15, -0.1) is 0 Å². The highest BCUT2D eigenvalue weighted by molar-refractivity contribution is 6.18. The van der Waals surface area contributed by atoms with E-state index in [0.717, 1.165) is 26.6 Å². The molecule has 0 N–H and O–H groups in total. The van der Waals surface area contributed by atoms with E-state index in [1.807, 2.05) is 72.8 Å². The molecule has 0 atom stereocenters. The molecule has 174 valence electrons. The van der Waals surface area contributed by atoms with Crippen molar-refractivity contribution in [3.8, 4) is 5.75 Å². The first kappa shape index (κ1) is 23.2. The average molecular weight is 458 g/mol. The standard InChI is InChI=1S/C27H27N3O4/c1-29-24(31)27(25(32)30(2)26(29)33,16-15-22-10-6-7-17-28-22)18-20-11-13-23(14-12-20)34-19-21-8-4-3-5-9-21/h3-14,17H,15-16,18-19H2,1-2H3. The van der Waals surface area contributed by atoms with Gasteiger partial charge < -0.3 is 4.74 Å². The molecule has 2 aromatic carbocycles. The van der Waals surface area contributed by atoms with E-state index in [2.05, 4.69) is 4.98 Å². The Balaban J connectivity index is 1.56. The Labute approximate surface area is 199 Å². The van der Waals surface area contributed by atoms with E-state index >= 15 is 0 Å². The van der Waals surface area contributed by atoms with E-state index in [-0.39, 0.29) is 12.8 Å². The molecule has 4 rings (SSSR count). The second-order valence-electron chi connectivity index (χ2n) is 8.51. The van der Waals surface area contributed by atoms with Crippen molar-refractivity contribution in [2.45, 2.75) is 25.9 Å². The first-order valence-electron chi connectivity index (χ1n) is 11.2. The Morgan fingerprint density at radius 1 is 0.794 bits per heavy atom. The maximum Gasteiger partial charge on any atom is 0.332 e. The minimum Gasteiger partial charge on any atom is -0.489 e. The Bertz CT molecular complexity index is 1140. The van der Waals surface area contributed by atoms with Gasteiger partial charge in [-0.3, -0.25) is 24.4 Å². The largest absolute Gasteiger partial charge is 0.489 e. The summed E-state index contributed by atoms with van der Waals surface area (Å²) in [6, 6.07) is 22.2. The lowest BCUT2D eigenvalue weighted by Crippen LogP contribution is -2.63. The number of carbonyl (C=O) groups excluding carboxylic acids is 3. The molecule has 1 aromatic heterocycles. The van der Waals surface area contributed by atoms with Crippen LogP contribution in [0.1, 0.15) is 23.2 Å². The van der Waals surface area contributed by atoms with Crippen molar-refractivity contribution < 1.29 is 19.1 Å². The van der Waals surface area contributed by atoms with Crippen molar-refractivity contribution in [3.05, 3.63) is 95.8 Å². The number of barbiturate groups is 1. The number of aryl methyl sites for hydroxylation is 1. The number of aromatic nitrogens is 1. The minimum atomic E-state index is -1.39. The number of urea groups is 1. The van der Waals surface area contributed by atoms with Crippen LogP contribution in [0.15, 0.2) is 79.0 Å². The van der Waals surface area contributed by atoms with Gasteiger partial charge in [0.25, 0.3) is 0 Å². The Morgan fingerprint density at radius 3 is 2.06 bits per heavy atom. The number of hydrogen-bond donors (Lipinski definition) is 0. The van der Waals surface area contributed by atoms with Gasteiger partial charge in [0.1, 0.15) is 17.8 Å². The van der Waals surface area contributed by atoms with Crippen LogP contribution in [0, 0.1) is 5.41 Å². The number of imide groups is 2. The maximum absolute atomic E-state index is 13.4. The van der Waals surface area contributed by atoms with E-state index in [1.165, 1.54) is 14.1 Å². The van der Waals surface area contributed by atoms with E-state index in [0.29, 0.717) is 18.8 Å². The van der Waals surface area contributed by atoms with Crippen molar-refractivity contribution in [3.63, 3.8) is 0 Å². The Morgan fingerprint density at radius 2 is 1.44 bits per heavy atom. The van der Waals surface area contributed by atoms with E-state index in [1.54, 1.807) is 6.20 Å². The maximum atomic E-state index is 13.4. The van der Waals surface area contributed by atoms with Gasteiger partial charge in [-0.05, 0) is 54.7 Å². The normalized spacial score (nSPS) is 15.5. The topological polar surface area (TPSA) is 79.8 Å². The zero-order valence-electron chi connectivity index (χ0n) is 19.3. The van der Waals surface area contributed by atoms with Gasteiger partial charge in [0.15, 0.2) is 0 Å². The molecule has 34 heavy (non-hydrogen) atoms. The SMILES string of the molecule is CN1C(=O)N(C)C(=O)C(CCc2ccccn2)(Cc2ccc(OCc3ccccc3)cc2)C1=O. The summed E-state index contributed by atoms with van der Waals surface area (Å²) in [5.74, 6) is -0.275. The fraction of sp³-hybridized carbons (Fsp3) is 0.259. The van der Waals surface area contributed by atoms with Gasteiger partial charge in [0, 0.05) is 26.0 Å². The summed E-state index contributed by atoms with van der Waals surface area (Å²) in [5, 5.41) is 0. The third kappa shape index (κ3) is 4.69. The molecule has 0 unspecified atom stereocenters. The van der Waals surface area contributed by atoms with E-state index in [9.17, 15) is 14.4 Å². The third-order valence-corrected chi connectivity index (χ3v) is 6.21. The lowest BCUT2D eigenvalue weighted by molar-refractivity contribution is -0.157. The van der Waals surface area contributed by atoms with Crippen LogP contribution in [0.4, 0.5) is 4.79 Å². The molecular formula is C27H27N3O4. The highest BCUT2D eigenvalue weighted by Crippen LogP contribution is 2.37. The van der Waals surface area contributed by atoms with Gasteiger partial charge >= 0.3 is 6.03 Å². The zero-order valence-corrected chi connectivity index (χ0v) is 19.3. The molecule has 1 aliphatic heterocycles. The van der Waals surface area contributed by atoms with Crippen LogP contribution in [0.5, 0.6) is 5.75 Å². The lowest BCUT2D eigenvalue weighted by atomic mass is 9.73. The van der Waals surface area contributed by atoms with Gasteiger partial charge in [-0.25, -0.2) is 4.79 Å². The summed E-state index contributed by atoms with van der Waals surface area (Å²) in [6.07, 6.45) is 2.54. The van der Waals surface area contributed by atoms with Gasteiger partial charge in [0.2, 0.25) is 11.8 Å². The smallest absolute Gasteiger partial charge is 0.332 e. The average Bonchev–Trinajstić information content (AvgIpc) is 2.89. The summed E-state index contributed by atoms with van der Waals surface area (Å²) in [5.41, 5.74) is 1.27. The van der Waals surface area contributed by atoms with Crippen LogP contribution in [-0.2, 0) is 29.0 Å². The summed E-state index contributed by atoms with van der Waals surface area (Å²) < 4.78 is 5.85. The molecular weight excluding hydrogens is 430 g/mol. The highest BCUT2D eigenvalue weighted by atomic mass is 16.5. The molecule has 1 saturated heterocycles. The monoisotopic (exact) mass is 457 g/mol. The number of hydrogen-bond acceptors (Lipinski definition) is 5. The molecule has 0 saturated carbocycles. The van der Waals surface area contributed by atoms with Crippen molar-refractivity contribution in [1.29, 1.82) is 0 Å². The molecule has 2 heterocycles. The second kappa shape index (κ2) is 9.87. The molecule has 0 radical (unpaired) electrons. The van der Waals surface area contributed by atoms with Crippen LogP contribution in [0.2, 0.25) is 0 Å². The Hall–Kier alpha value is -4.00. The summed E-state index contributed by atoms with van der Waals surface area (Å²) in [4.78, 5) is 45.5. The van der Waals surface area contributed by atoms with Gasteiger partial charge in [0.05, 0.1) is 0 Å². The second-order valence-corrected chi connectivity index (χ2v) is 8.51. The highest BCUT2D eigenvalue weighted by Gasteiger charge is 2.54. The first-order chi connectivity index (χ1) is 16.4. The number of ether oxygens (including phenoxy) is 1. The summed E-state index contributed by atoms with van der Waals surface area (Å²) >= 11 is 0. The predicted octanol–water partition coefficient (Wildman–Crippen LogP) is 3.87. The minimum absolute atomic E-state index is 0.179. The molecule has 7 heteroatoms. The molecule has 3 aromatic rings. The molecule has 1 fully saturated rings. The predicted molar refractivity (Wildman–Crippen MR) is 127 cm³/mol. The van der Waals surface area contributed by atoms with Crippen LogP contribution in [0.25, 0.3) is 0 Å². The van der Waals surface area contributed by atoms with E-state index < -0.39 is 23.3 Å². The number of rotatable bonds is 8. The molecule has 4 amide bonds. The Kier molecular flexibility index (Phi) is 6.72. The first-order valence-corrected chi connectivity index (χ1v) is 11.2. The van der Waals surface area contributed by atoms with Crippen LogP contribution >= 0.6 is 0 Å². The van der Waals surface area contributed by atoms with Crippen molar-refractivity contribution >= 4 is 17.8 Å². The van der Waals surface area contributed by atoms with Gasteiger partial charge in [-0.1, -0.05) is 48.5 Å². The van der Waals surface area contributed by atoms with Crippen LogP contribution in [-0.4, -0.2) is 46.7 Å². The van der Waals surface area contributed by atoms with Crippen LogP contribution < -0.4 is 4.74 Å². The molecule has 0 aliphatic carbocycles. The number of pyridine rings is 1.